The van der Waals surface area contributed by atoms with Gasteiger partial charge in [-0.1, -0.05) is 13.0 Å². The Morgan fingerprint density at radius 3 is 2.96 bits per heavy atom. The molecule has 26 heavy (non-hydrogen) atoms. The molecule has 6 heteroatoms. The highest BCUT2D eigenvalue weighted by Gasteiger charge is 2.61. The second-order valence-electron chi connectivity index (χ2n) is 7.51. The number of allylic oxidation sites excluding steroid dienone is 1. The van der Waals surface area contributed by atoms with Crippen molar-refractivity contribution in [3.05, 3.63) is 52.4 Å². The Balaban J connectivity index is 1.74. The monoisotopic (exact) mass is 359 g/mol. The summed E-state index contributed by atoms with van der Waals surface area (Å²) in [5, 5.41) is 21.9. The molecular formula is C20H22FNO4. The smallest absolute Gasteiger partial charge is 0.255 e. The highest BCUT2D eigenvalue weighted by molar-refractivity contribution is 5.83. The van der Waals surface area contributed by atoms with Crippen LogP contribution in [0.2, 0.25) is 0 Å². The van der Waals surface area contributed by atoms with E-state index >= 15 is 0 Å². The van der Waals surface area contributed by atoms with Crippen LogP contribution in [-0.4, -0.2) is 46.6 Å². The number of benzene rings is 1. The number of aliphatic hydroxyl groups is 2. The number of hydrogen-bond donors (Lipinski definition) is 2. The molecule has 1 aromatic carbocycles. The third kappa shape index (κ3) is 2.02. The van der Waals surface area contributed by atoms with Gasteiger partial charge in [-0.3, -0.25) is 4.90 Å². The van der Waals surface area contributed by atoms with Crippen LogP contribution in [0.3, 0.4) is 0 Å². The quantitative estimate of drug-likeness (QED) is 0.848. The fourth-order valence-electron chi connectivity index (χ4n) is 4.94. The molecule has 1 fully saturated rings. The zero-order valence-corrected chi connectivity index (χ0v) is 14.7. The molecule has 2 unspecified atom stereocenters. The third-order valence-electron chi connectivity index (χ3n) is 6.07. The van der Waals surface area contributed by atoms with E-state index < -0.39 is 11.6 Å². The summed E-state index contributed by atoms with van der Waals surface area (Å²) in [4.78, 5) is 2.43. The fourth-order valence-corrected chi connectivity index (χ4v) is 4.94. The maximum atomic E-state index is 14.4. The average molecular weight is 359 g/mol. The molecule has 2 heterocycles. The molecule has 3 atom stereocenters. The van der Waals surface area contributed by atoms with Crippen molar-refractivity contribution < 1.29 is 24.1 Å². The summed E-state index contributed by atoms with van der Waals surface area (Å²) in [6, 6.07) is 3.20. The van der Waals surface area contributed by atoms with Crippen LogP contribution in [0.5, 0.6) is 0 Å². The van der Waals surface area contributed by atoms with Crippen LogP contribution in [0.1, 0.15) is 42.5 Å². The Kier molecular flexibility index (Phi) is 3.49. The number of fused-ring (bicyclic) bond motifs is 3. The summed E-state index contributed by atoms with van der Waals surface area (Å²) < 4.78 is 25.1. The molecule has 0 bridgehead atoms. The van der Waals surface area contributed by atoms with E-state index in [9.17, 15) is 14.6 Å². The van der Waals surface area contributed by atoms with E-state index in [1.807, 2.05) is 0 Å². The van der Waals surface area contributed by atoms with E-state index in [2.05, 4.69) is 11.8 Å². The first-order valence-corrected chi connectivity index (χ1v) is 9.19. The molecule has 4 aliphatic rings. The lowest BCUT2D eigenvalue weighted by Crippen LogP contribution is -2.54. The SMILES string of the molecule is CCCN1CCc2cc(F)cc3c2[C@H]1CC1=C3C2(O)OCOC2(O)C=C1. The summed E-state index contributed by atoms with van der Waals surface area (Å²) in [5.74, 6) is -4.30. The van der Waals surface area contributed by atoms with Crippen LogP contribution >= 0.6 is 0 Å². The molecule has 138 valence electrons. The first-order valence-electron chi connectivity index (χ1n) is 9.19. The predicted molar refractivity (Wildman–Crippen MR) is 92.3 cm³/mol. The minimum Gasteiger partial charge on any atom is -0.358 e. The molecule has 0 aromatic heterocycles. The van der Waals surface area contributed by atoms with Gasteiger partial charge in [-0.05, 0) is 66.3 Å². The molecule has 1 saturated heterocycles. The van der Waals surface area contributed by atoms with Gasteiger partial charge in [0.1, 0.15) is 5.82 Å². The van der Waals surface area contributed by atoms with E-state index in [4.69, 9.17) is 9.47 Å². The molecule has 2 N–H and O–H groups in total. The molecular weight excluding hydrogens is 337 g/mol. The number of halogens is 1. The van der Waals surface area contributed by atoms with E-state index in [0.29, 0.717) is 17.6 Å². The maximum absolute atomic E-state index is 14.4. The summed E-state index contributed by atoms with van der Waals surface area (Å²) in [7, 11) is 0. The van der Waals surface area contributed by atoms with Gasteiger partial charge in [0, 0.05) is 18.2 Å². The molecule has 2 aliphatic heterocycles. The van der Waals surface area contributed by atoms with Crippen LogP contribution < -0.4 is 0 Å². The van der Waals surface area contributed by atoms with E-state index in [-0.39, 0.29) is 18.7 Å². The van der Waals surface area contributed by atoms with Gasteiger partial charge in [0.25, 0.3) is 5.79 Å². The van der Waals surface area contributed by atoms with Crippen molar-refractivity contribution in [2.45, 2.75) is 43.8 Å². The van der Waals surface area contributed by atoms with Crippen molar-refractivity contribution in [1.29, 1.82) is 0 Å². The summed E-state index contributed by atoms with van der Waals surface area (Å²) in [5.41, 5.74) is 3.95. The van der Waals surface area contributed by atoms with Crippen LogP contribution in [0, 0.1) is 5.82 Å². The third-order valence-corrected chi connectivity index (χ3v) is 6.07. The standard InChI is InChI=1S/C20H22FNO4/c1-2-6-22-7-4-12-8-14(21)10-15-17(12)16(22)9-13-3-5-19(23)20(24,18(13)15)26-11-25-19/h3,5,8,10,16,23-24H,2,4,6-7,9,11H2,1H3/t16-,19?,20?/m1/s1. The van der Waals surface area contributed by atoms with Gasteiger partial charge in [-0.25, -0.2) is 4.39 Å². The van der Waals surface area contributed by atoms with Crippen LogP contribution in [-0.2, 0) is 15.9 Å². The largest absolute Gasteiger partial charge is 0.358 e. The van der Waals surface area contributed by atoms with E-state index in [1.54, 1.807) is 12.1 Å². The molecule has 1 aromatic rings. The lowest BCUT2D eigenvalue weighted by atomic mass is 9.71. The number of ether oxygens (including phenoxy) is 2. The first kappa shape index (κ1) is 16.6. The first-order chi connectivity index (χ1) is 12.5. The molecule has 2 aliphatic carbocycles. The van der Waals surface area contributed by atoms with Gasteiger partial charge in [-0.2, -0.15) is 0 Å². The lowest BCUT2D eigenvalue weighted by molar-refractivity contribution is -0.235. The van der Waals surface area contributed by atoms with Crippen LogP contribution in [0.4, 0.5) is 4.39 Å². The van der Waals surface area contributed by atoms with Gasteiger partial charge in [0.15, 0.2) is 6.79 Å². The molecule has 5 rings (SSSR count). The van der Waals surface area contributed by atoms with E-state index in [0.717, 1.165) is 42.6 Å². The van der Waals surface area contributed by atoms with Gasteiger partial charge in [-0.15, -0.1) is 0 Å². The fraction of sp³-hybridized carbons (Fsp3) is 0.500. The van der Waals surface area contributed by atoms with E-state index in [1.165, 1.54) is 12.1 Å². The van der Waals surface area contributed by atoms with Gasteiger partial charge in [0.2, 0.25) is 5.79 Å². The summed E-state index contributed by atoms with van der Waals surface area (Å²) >= 11 is 0. The highest BCUT2D eigenvalue weighted by Crippen LogP contribution is 2.54. The van der Waals surface area contributed by atoms with Crippen LogP contribution in [0.25, 0.3) is 5.57 Å². The van der Waals surface area contributed by atoms with Crippen molar-refractivity contribution in [3.8, 4) is 0 Å². The van der Waals surface area contributed by atoms with Crippen LogP contribution in [0.15, 0.2) is 29.9 Å². The van der Waals surface area contributed by atoms with Crippen molar-refractivity contribution in [1.82, 2.24) is 4.90 Å². The maximum Gasteiger partial charge on any atom is 0.255 e. The Morgan fingerprint density at radius 2 is 2.15 bits per heavy atom. The molecule has 0 radical (unpaired) electrons. The van der Waals surface area contributed by atoms with Crippen molar-refractivity contribution in [3.63, 3.8) is 0 Å². The number of hydrogen-bond acceptors (Lipinski definition) is 5. The number of rotatable bonds is 2. The minimum atomic E-state index is -2.02. The Labute approximate surface area is 151 Å². The zero-order chi connectivity index (χ0) is 18.1. The predicted octanol–water partition coefficient (Wildman–Crippen LogP) is 2.24. The van der Waals surface area contributed by atoms with Crippen molar-refractivity contribution >= 4 is 5.57 Å². The zero-order valence-electron chi connectivity index (χ0n) is 14.7. The normalized spacial score (nSPS) is 35.3. The van der Waals surface area contributed by atoms with Gasteiger partial charge in [0.05, 0.1) is 0 Å². The second kappa shape index (κ2) is 5.47. The van der Waals surface area contributed by atoms with Crippen molar-refractivity contribution in [2.75, 3.05) is 19.9 Å². The molecule has 0 saturated carbocycles. The van der Waals surface area contributed by atoms with Crippen molar-refractivity contribution in [2.24, 2.45) is 0 Å². The van der Waals surface area contributed by atoms with Gasteiger partial charge < -0.3 is 19.7 Å². The summed E-state index contributed by atoms with van der Waals surface area (Å²) in [6.07, 6.45) is 5.74. The Morgan fingerprint density at radius 1 is 1.31 bits per heavy atom. The lowest BCUT2D eigenvalue weighted by Gasteiger charge is -2.46. The van der Waals surface area contributed by atoms with Gasteiger partial charge >= 0.3 is 0 Å². The minimum absolute atomic E-state index is 0.148. The Hall–Kier alpha value is -1.57. The molecule has 5 nitrogen and oxygen atoms in total. The Bertz CT molecular complexity index is 850. The topological polar surface area (TPSA) is 62.2 Å². The highest BCUT2D eigenvalue weighted by atomic mass is 19.1. The summed E-state index contributed by atoms with van der Waals surface area (Å²) in [6.45, 7) is 3.80. The second-order valence-corrected chi connectivity index (χ2v) is 7.51. The number of nitrogens with zero attached hydrogens (tertiary/aromatic N) is 1. The average Bonchev–Trinajstić information content (AvgIpc) is 2.92. The molecule has 0 amide bonds. The molecule has 0 spiro atoms.